The molecule has 2 aromatic carbocycles. The molecule has 0 spiro atoms. The average molecular weight is 462 g/mol. The Morgan fingerprint density at radius 2 is 1.88 bits per heavy atom. The Labute approximate surface area is 183 Å². The first kappa shape index (κ1) is 22.1. The van der Waals surface area contributed by atoms with Crippen LogP contribution in [0.2, 0.25) is 0 Å². The molecule has 0 unspecified atom stereocenters. The van der Waals surface area contributed by atoms with Gasteiger partial charge in [-0.25, -0.2) is 22.2 Å². The van der Waals surface area contributed by atoms with Crippen molar-refractivity contribution in [2.75, 3.05) is 26.3 Å². The number of carbonyl (C=O) groups is 1. The second kappa shape index (κ2) is 9.15. The highest BCUT2D eigenvalue weighted by molar-refractivity contribution is 7.89. The molecule has 0 bridgehead atoms. The van der Waals surface area contributed by atoms with Gasteiger partial charge in [0.1, 0.15) is 11.6 Å². The van der Waals surface area contributed by atoms with Crippen LogP contribution in [0.25, 0.3) is 5.69 Å². The van der Waals surface area contributed by atoms with Crippen molar-refractivity contribution in [1.29, 1.82) is 0 Å². The van der Waals surface area contributed by atoms with Crippen LogP contribution in [0.1, 0.15) is 15.9 Å². The molecule has 11 heteroatoms. The minimum absolute atomic E-state index is 0.0696. The third-order valence-electron chi connectivity index (χ3n) is 5.04. The van der Waals surface area contributed by atoms with Crippen LogP contribution in [0.5, 0.6) is 0 Å². The number of aromatic nitrogens is 2. The van der Waals surface area contributed by atoms with Gasteiger partial charge in [-0.2, -0.15) is 4.31 Å². The van der Waals surface area contributed by atoms with Crippen LogP contribution in [0.4, 0.5) is 8.78 Å². The number of imidazole rings is 1. The second-order valence-electron chi connectivity index (χ2n) is 7.10. The third-order valence-corrected chi connectivity index (χ3v) is 6.93. The molecule has 0 atom stereocenters. The van der Waals surface area contributed by atoms with E-state index in [9.17, 15) is 22.0 Å². The Balaban J connectivity index is 1.49. The Kier molecular flexibility index (Phi) is 6.31. The summed E-state index contributed by atoms with van der Waals surface area (Å²) < 4.78 is 62.2. The molecule has 8 nitrogen and oxygen atoms in total. The number of benzene rings is 2. The van der Waals surface area contributed by atoms with E-state index in [1.165, 1.54) is 33.5 Å². The van der Waals surface area contributed by atoms with Crippen molar-refractivity contribution < 1.29 is 26.7 Å². The number of carbonyl (C=O) groups excluding carboxylic acids is 1. The number of nitrogens with one attached hydrogen (secondary N) is 1. The zero-order chi connectivity index (χ0) is 22.7. The van der Waals surface area contributed by atoms with Crippen molar-refractivity contribution in [3.63, 3.8) is 0 Å². The van der Waals surface area contributed by atoms with Gasteiger partial charge in [0.15, 0.2) is 0 Å². The van der Waals surface area contributed by atoms with Gasteiger partial charge in [0.2, 0.25) is 10.0 Å². The number of halogens is 2. The standard InChI is InChI=1S/C21H20F2N4O4S/c22-18-3-2-16(32(29,30)27-7-9-31-10-8-27)12-17(18)21(28)25-13-15-1-4-20(19(23)11-15)26-6-5-24-14-26/h1-6,11-12,14H,7-10,13H2,(H,25,28). The Hall–Kier alpha value is -3.15. The van der Waals surface area contributed by atoms with Gasteiger partial charge >= 0.3 is 0 Å². The van der Waals surface area contributed by atoms with E-state index in [4.69, 9.17) is 4.74 Å². The molecule has 1 aliphatic rings. The van der Waals surface area contributed by atoms with Gasteiger partial charge in [0, 0.05) is 32.0 Å². The fourth-order valence-electron chi connectivity index (χ4n) is 3.32. The summed E-state index contributed by atoms with van der Waals surface area (Å²) in [6.45, 7) is 0.831. The molecule has 4 rings (SSSR count). The molecule has 0 saturated carbocycles. The van der Waals surface area contributed by atoms with Crippen molar-refractivity contribution in [1.82, 2.24) is 19.2 Å². The van der Waals surface area contributed by atoms with Crippen LogP contribution >= 0.6 is 0 Å². The summed E-state index contributed by atoms with van der Waals surface area (Å²) in [5, 5.41) is 2.50. The van der Waals surface area contributed by atoms with E-state index in [0.29, 0.717) is 11.3 Å². The molecule has 32 heavy (non-hydrogen) atoms. The number of sulfonamides is 1. The number of nitrogens with zero attached hydrogens (tertiary/aromatic N) is 3. The summed E-state index contributed by atoms with van der Waals surface area (Å²) in [7, 11) is -3.88. The molecule has 1 aliphatic heterocycles. The van der Waals surface area contributed by atoms with Gasteiger partial charge in [-0.05, 0) is 35.9 Å². The summed E-state index contributed by atoms with van der Waals surface area (Å²) in [6.07, 6.45) is 4.58. The summed E-state index contributed by atoms with van der Waals surface area (Å²) in [6, 6.07) is 7.50. The lowest BCUT2D eigenvalue weighted by Crippen LogP contribution is -2.40. The van der Waals surface area contributed by atoms with Crippen LogP contribution in [-0.2, 0) is 21.3 Å². The molecule has 1 N–H and O–H groups in total. The van der Waals surface area contributed by atoms with E-state index >= 15 is 0 Å². The van der Waals surface area contributed by atoms with Crippen LogP contribution in [-0.4, -0.2) is 54.5 Å². The minimum Gasteiger partial charge on any atom is -0.379 e. The summed E-state index contributed by atoms with van der Waals surface area (Å²) in [4.78, 5) is 16.2. The number of amides is 1. The highest BCUT2D eigenvalue weighted by atomic mass is 32.2. The van der Waals surface area contributed by atoms with Crippen LogP contribution in [0, 0.1) is 11.6 Å². The molecular formula is C21H20F2N4O4S. The maximum Gasteiger partial charge on any atom is 0.254 e. The second-order valence-corrected chi connectivity index (χ2v) is 9.03. The maximum absolute atomic E-state index is 14.4. The maximum atomic E-state index is 14.4. The normalized spacial score (nSPS) is 14.9. The van der Waals surface area contributed by atoms with E-state index in [1.54, 1.807) is 12.3 Å². The predicted molar refractivity (Wildman–Crippen MR) is 111 cm³/mol. The zero-order valence-electron chi connectivity index (χ0n) is 16.9. The molecule has 1 amide bonds. The monoisotopic (exact) mass is 462 g/mol. The molecule has 0 aliphatic carbocycles. The van der Waals surface area contributed by atoms with Crippen molar-refractivity contribution in [3.05, 3.63) is 77.9 Å². The van der Waals surface area contributed by atoms with Gasteiger partial charge < -0.3 is 14.6 Å². The minimum atomic E-state index is -3.88. The number of hydrogen-bond acceptors (Lipinski definition) is 5. The first-order chi connectivity index (χ1) is 15.4. The summed E-state index contributed by atoms with van der Waals surface area (Å²) >= 11 is 0. The fraction of sp³-hybridized carbons (Fsp3) is 0.238. The van der Waals surface area contributed by atoms with Crippen LogP contribution in [0.3, 0.4) is 0 Å². The molecule has 1 saturated heterocycles. The van der Waals surface area contributed by atoms with Crippen molar-refractivity contribution in [2.45, 2.75) is 11.4 Å². The molecular weight excluding hydrogens is 442 g/mol. The average Bonchev–Trinajstić information content (AvgIpc) is 3.33. The van der Waals surface area contributed by atoms with E-state index in [2.05, 4.69) is 10.3 Å². The third kappa shape index (κ3) is 4.54. The SMILES string of the molecule is O=C(NCc1ccc(-n2ccnc2)c(F)c1)c1cc(S(=O)(=O)N2CCOCC2)ccc1F. The van der Waals surface area contributed by atoms with Crippen molar-refractivity contribution in [2.24, 2.45) is 0 Å². The Morgan fingerprint density at radius 3 is 2.56 bits per heavy atom. The predicted octanol–water partition coefficient (Wildman–Crippen LogP) is 2.10. The molecule has 2 heterocycles. The van der Waals surface area contributed by atoms with Gasteiger partial charge in [-0.15, -0.1) is 0 Å². The molecule has 1 fully saturated rings. The lowest BCUT2D eigenvalue weighted by Gasteiger charge is -2.26. The number of ether oxygens (including phenoxy) is 1. The first-order valence-electron chi connectivity index (χ1n) is 9.78. The smallest absolute Gasteiger partial charge is 0.254 e. The van der Waals surface area contributed by atoms with Gasteiger partial charge in [-0.1, -0.05) is 6.07 Å². The van der Waals surface area contributed by atoms with Gasteiger partial charge in [0.05, 0.1) is 35.7 Å². The van der Waals surface area contributed by atoms with Crippen LogP contribution < -0.4 is 5.32 Å². The highest BCUT2D eigenvalue weighted by Crippen LogP contribution is 2.21. The fourth-order valence-corrected chi connectivity index (χ4v) is 4.76. The lowest BCUT2D eigenvalue weighted by atomic mass is 10.1. The Morgan fingerprint density at radius 1 is 1.09 bits per heavy atom. The summed E-state index contributed by atoms with van der Waals surface area (Å²) in [5.74, 6) is -2.18. The van der Waals surface area contributed by atoms with E-state index in [-0.39, 0.29) is 37.7 Å². The Bertz CT molecular complexity index is 1230. The van der Waals surface area contributed by atoms with E-state index < -0.39 is 33.1 Å². The molecule has 168 valence electrons. The largest absolute Gasteiger partial charge is 0.379 e. The topological polar surface area (TPSA) is 93.5 Å². The first-order valence-corrected chi connectivity index (χ1v) is 11.2. The van der Waals surface area contributed by atoms with Gasteiger partial charge in [-0.3, -0.25) is 4.79 Å². The molecule has 3 aromatic rings. The molecule has 0 radical (unpaired) electrons. The zero-order valence-corrected chi connectivity index (χ0v) is 17.7. The number of morpholine rings is 1. The van der Waals surface area contributed by atoms with E-state index in [1.807, 2.05) is 0 Å². The van der Waals surface area contributed by atoms with Crippen LogP contribution in [0.15, 0.2) is 60.0 Å². The highest BCUT2D eigenvalue weighted by Gasteiger charge is 2.27. The quantitative estimate of drug-likeness (QED) is 0.606. The number of hydrogen-bond donors (Lipinski definition) is 1. The van der Waals surface area contributed by atoms with Crippen molar-refractivity contribution >= 4 is 15.9 Å². The summed E-state index contributed by atoms with van der Waals surface area (Å²) in [5.41, 5.74) is 0.344. The molecule has 1 aromatic heterocycles. The van der Waals surface area contributed by atoms with Crippen molar-refractivity contribution in [3.8, 4) is 5.69 Å². The number of rotatable bonds is 6. The van der Waals surface area contributed by atoms with E-state index in [0.717, 1.165) is 18.2 Å². The van der Waals surface area contributed by atoms with Gasteiger partial charge in [0.25, 0.3) is 5.91 Å². The lowest BCUT2D eigenvalue weighted by molar-refractivity contribution is 0.0730.